The number of carbonyl (C=O) groups is 2. The fourth-order valence-corrected chi connectivity index (χ4v) is 4.07. The summed E-state index contributed by atoms with van der Waals surface area (Å²) in [5.41, 5.74) is -0.536. The van der Waals surface area contributed by atoms with Crippen molar-refractivity contribution in [2.45, 2.75) is 24.5 Å². The van der Waals surface area contributed by atoms with Gasteiger partial charge in [0.05, 0.1) is 17.0 Å². The minimum absolute atomic E-state index is 0.0694. The first-order chi connectivity index (χ1) is 9.81. The Bertz CT molecular complexity index is 686. The van der Waals surface area contributed by atoms with Crippen LogP contribution in [-0.4, -0.2) is 36.4 Å². The summed E-state index contributed by atoms with van der Waals surface area (Å²) < 4.78 is 36.9. The van der Waals surface area contributed by atoms with Gasteiger partial charge < -0.3 is 10.4 Å². The molecule has 2 N–H and O–H groups in total. The summed E-state index contributed by atoms with van der Waals surface area (Å²) in [7, 11) is -3.54. The number of halogens is 1. The standard InChI is InChI=1S/C13H14FNO5S/c14-8-4-5-9(13(17)18)10(7-8)15-12(16)11-3-1-2-6-21(11,19)20/h4-5,7,11H,1-3,6H2,(H,15,16)(H,17,18). The number of rotatable bonds is 3. The van der Waals surface area contributed by atoms with E-state index in [4.69, 9.17) is 5.11 Å². The predicted octanol–water partition coefficient (Wildman–Crippen LogP) is 1.43. The van der Waals surface area contributed by atoms with Gasteiger partial charge in [-0.3, -0.25) is 4.79 Å². The highest BCUT2D eigenvalue weighted by atomic mass is 32.2. The monoisotopic (exact) mass is 315 g/mol. The van der Waals surface area contributed by atoms with Crippen LogP contribution >= 0.6 is 0 Å². The van der Waals surface area contributed by atoms with Gasteiger partial charge in [-0.05, 0) is 31.0 Å². The summed E-state index contributed by atoms with van der Waals surface area (Å²) in [6, 6.07) is 2.83. The molecular weight excluding hydrogens is 301 g/mol. The maximum atomic E-state index is 13.2. The number of carboxylic acid groups (broad SMARTS) is 1. The molecule has 0 bridgehead atoms. The molecule has 8 heteroatoms. The Morgan fingerprint density at radius 3 is 2.62 bits per heavy atom. The SMILES string of the molecule is O=C(O)c1ccc(F)cc1NC(=O)C1CCCCS1(=O)=O. The third kappa shape index (κ3) is 3.38. The van der Waals surface area contributed by atoms with E-state index in [1.807, 2.05) is 0 Å². The molecule has 0 spiro atoms. The highest BCUT2D eigenvalue weighted by Crippen LogP contribution is 2.23. The van der Waals surface area contributed by atoms with Crippen molar-refractivity contribution < 1.29 is 27.5 Å². The van der Waals surface area contributed by atoms with Crippen LogP contribution in [0.15, 0.2) is 18.2 Å². The zero-order valence-electron chi connectivity index (χ0n) is 11.0. The number of hydrogen-bond acceptors (Lipinski definition) is 4. The van der Waals surface area contributed by atoms with Gasteiger partial charge in [-0.1, -0.05) is 6.42 Å². The molecule has 0 radical (unpaired) electrons. The van der Waals surface area contributed by atoms with Crippen molar-refractivity contribution in [3.05, 3.63) is 29.6 Å². The van der Waals surface area contributed by atoms with Gasteiger partial charge in [0.2, 0.25) is 5.91 Å². The van der Waals surface area contributed by atoms with Crippen LogP contribution in [0, 0.1) is 5.82 Å². The minimum Gasteiger partial charge on any atom is -0.478 e. The zero-order valence-corrected chi connectivity index (χ0v) is 11.8. The predicted molar refractivity (Wildman–Crippen MR) is 73.4 cm³/mol. The van der Waals surface area contributed by atoms with Crippen LogP contribution in [-0.2, 0) is 14.6 Å². The van der Waals surface area contributed by atoms with Gasteiger partial charge in [-0.2, -0.15) is 0 Å². The molecule has 1 heterocycles. The fraction of sp³-hybridized carbons (Fsp3) is 0.385. The molecule has 1 aromatic rings. The minimum atomic E-state index is -3.54. The van der Waals surface area contributed by atoms with Crippen LogP contribution in [0.4, 0.5) is 10.1 Å². The van der Waals surface area contributed by atoms with Gasteiger partial charge >= 0.3 is 5.97 Å². The van der Waals surface area contributed by atoms with Gasteiger partial charge in [0.15, 0.2) is 9.84 Å². The van der Waals surface area contributed by atoms with Crippen LogP contribution in [0.25, 0.3) is 0 Å². The van der Waals surface area contributed by atoms with Gasteiger partial charge in [-0.15, -0.1) is 0 Å². The van der Waals surface area contributed by atoms with E-state index in [1.165, 1.54) is 0 Å². The molecule has 6 nitrogen and oxygen atoms in total. The van der Waals surface area contributed by atoms with E-state index in [2.05, 4.69) is 5.32 Å². The van der Waals surface area contributed by atoms with Gasteiger partial charge in [0.25, 0.3) is 0 Å². The van der Waals surface area contributed by atoms with E-state index in [9.17, 15) is 22.4 Å². The van der Waals surface area contributed by atoms with Crippen LogP contribution in [0.5, 0.6) is 0 Å². The topological polar surface area (TPSA) is 101 Å². The van der Waals surface area contributed by atoms with Crippen molar-refractivity contribution in [3.8, 4) is 0 Å². The Morgan fingerprint density at radius 2 is 2.00 bits per heavy atom. The van der Waals surface area contributed by atoms with Crippen molar-refractivity contribution in [1.29, 1.82) is 0 Å². The second-order valence-corrected chi connectivity index (χ2v) is 7.14. The van der Waals surface area contributed by atoms with Crippen molar-refractivity contribution in [2.24, 2.45) is 0 Å². The molecule has 0 aliphatic carbocycles. The number of amides is 1. The van der Waals surface area contributed by atoms with E-state index in [0.29, 0.717) is 12.8 Å². The maximum absolute atomic E-state index is 13.2. The summed E-state index contributed by atoms with van der Waals surface area (Å²) in [6.07, 6.45) is 1.30. The second-order valence-electron chi connectivity index (χ2n) is 4.84. The highest BCUT2D eigenvalue weighted by Gasteiger charge is 2.35. The van der Waals surface area contributed by atoms with E-state index in [-0.39, 0.29) is 23.4 Å². The first kappa shape index (κ1) is 15.4. The van der Waals surface area contributed by atoms with E-state index in [0.717, 1.165) is 18.2 Å². The lowest BCUT2D eigenvalue weighted by Gasteiger charge is -2.21. The fourth-order valence-electron chi connectivity index (χ4n) is 2.27. The third-order valence-corrected chi connectivity index (χ3v) is 5.52. The van der Waals surface area contributed by atoms with E-state index >= 15 is 0 Å². The second kappa shape index (κ2) is 5.80. The van der Waals surface area contributed by atoms with E-state index < -0.39 is 32.8 Å². The Hall–Kier alpha value is -1.96. The lowest BCUT2D eigenvalue weighted by molar-refractivity contribution is -0.116. The van der Waals surface area contributed by atoms with Gasteiger partial charge in [-0.25, -0.2) is 17.6 Å². The molecule has 1 unspecified atom stereocenters. The quantitative estimate of drug-likeness (QED) is 0.879. The van der Waals surface area contributed by atoms with Gasteiger partial charge in [0, 0.05) is 0 Å². The van der Waals surface area contributed by atoms with Crippen LogP contribution < -0.4 is 5.32 Å². The number of aromatic carboxylic acids is 1. The number of carbonyl (C=O) groups excluding carboxylic acids is 1. The summed E-state index contributed by atoms with van der Waals surface area (Å²) in [4.78, 5) is 23.1. The summed E-state index contributed by atoms with van der Waals surface area (Å²) in [6.45, 7) is 0. The molecule has 21 heavy (non-hydrogen) atoms. The van der Waals surface area contributed by atoms with E-state index in [1.54, 1.807) is 0 Å². The molecule has 1 aliphatic heterocycles. The summed E-state index contributed by atoms with van der Waals surface area (Å²) >= 11 is 0. The van der Waals surface area contributed by atoms with Crippen molar-refractivity contribution in [2.75, 3.05) is 11.1 Å². The van der Waals surface area contributed by atoms with Crippen LogP contribution in [0.1, 0.15) is 29.6 Å². The van der Waals surface area contributed by atoms with Crippen molar-refractivity contribution in [3.63, 3.8) is 0 Å². The molecule has 1 amide bonds. The number of hydrogen-bond donors (Lipinski definition) is 2. The zero-order chi connectivity index (χ0) is 15.6. The van der Waals surface area contributed by atoms with Gasteiger partial charge in [0.1, 0.15) is 11.1 Å². The average Bonchev–Trinajstić information content (AvgIpc) is 2.37. The molecule has 1 atom stereocenters. The Kier molecular flexibility index (Phi) is 4.26. The number of nitrogens with one attached hydrogen (secondary N) is 1. The Balaban J connectivity index is 2.27. The largest absolute Gasteiger partial charge is 0.478 e. The summed E-state index contributed by atoms with van der Waals surface area (Å²) in [5.74, 6) is -2.94. The van der Waals surface area contributed by atoms with Crippen LogP contribution in [0.3, 0.4) is 0 Å². The molecule has 0 saturated carbocycles. The molecule has 1 fully saturated rings. The molecule has 2 rings (SSSR count). The summed E-state index contributed by atoms with van der Waals surface area (Å²) in [5, 5.41) is 10.00. The smallest absolute Gasteiger partial charge is 0.337 e. The van der Waals surface area contributed by atoms with Crippen molar-refractivity contribution in [1.82, 2.24) is 0 Å². The molecule has 114 valence electrons. The number of benzene rings is 1. The molecule has 1 saturated heterocycles. The van der Waals surface area contributed by atoms with Crippen LogP contribution in [0.2, 0.25) is 0 Å². The normalized spacial score (nSPS) is 20.7. The third-order valence-electron chi connectivity index (χ3n) is 3.34. The number of sulfone groups is 1. The average molecular weight is 315 g/mol. The molecule has 1 aromatic carbocycles. The maximum Gasteiger partial charge on any atom is 0.337 e. The molecule has 1 aliphatic rings. The molecule has 0 aromatic heterocycles. The lowest BCUT2D eigenvalue weighted by Crippen LogP contribution is -2.39. The molecular formula is C13H14FNO5S. The number of anilines is 1. The highest BCUT2D eigenvalue weighted by molar-refractivity contribution is 7.92. The lowest BCUT2D eigenvalue weighted by atomic mass is 10.1. The number of carboxylic acids is 1. The Morgan fingerprint density at radius 1 is 1.29 bits per heavy atom. The first-order valence-electron chi connectivity index (χ1n) is 6.36. The Labute approximate surface area is 120 Å². The first-order valence-corrected chi connectivity index (χ1v) is 8.08. The van der Waals surface area contributed by atoms with Crippen molar-refractivity contribution >= 4 is 27.4 Å².